The lowest BCUT2D eigenvalue weighted by molar-refractivity contribution is -0.119. The third-order valence-electron chi connectivity index (χ3n) is 4.76. The van der Waals surface area contributed by atoms with Crippen LogP contribution in [-0.2, 0) is 14.3 Å². The molecular weight excluding hydrogens is 456 g/mol. The van der Waals surface area contributed by atoms with Gasteiger partial charge in [-0.15, -0.1) is 11.3 Å². The second kappa shape index (κ2) is 11.4. The Kier molecular flexibility index (Phi) is 8.37. The minimum atomic E-state index is -0.736. The highest BCUT2D eigenvalue weighted by Crippen LogP contribution is 2.40. The van der Waals surface area contributed by atoms with Crippen molar-refractivity contribution >= 4 is 34.2 Å². The van der Waals surface area contributed by atoms with E-state index in [4.69, 9.17) is 14.2 Å². The minimum absolute atomic E-state index is 0.123. The van der Waals surface area contributed by atoms with Gasteiger partial charge in [-0.05, 0) is 45.4 Å². The molecule has 0 aliphatic rings. The molecule has 3 rings (SSSR count). The van der Waals surface area contributed by atoms with Gasteiger partial charge in [0.05, 0.1) is 13.2 Å². The van der Waals surface area contributed by atoms with Crippen LogP contribution in [0.4, 0.5) is 5.00 Å². The molecule has 0 saturated carbocycles. The summed E-state index contributed by atoms with van der Waals surface area (Å²) in [4.78, 5) is 42.7. The van der Waals surface area contributed by atoms with Crippen LogP contribution in [0.1, 0.15) is 45.0 Å². The lowest BCUT2D eigenvalue weighted by Gasteiger charge is -2.10. The largest absolute Gasteiger partial charge is 0.477 e. The van der Waals surface area contributed by atoms with Crippen LogP contribution >= 0.6 is 11.3 Å². The van der Waals surface area contributed by atoms with Crippen molar-refractivity contribution in [3.8, 4) is 17.0 Å². The monoisotopic (exact) mass is 482 g/mol. The van der Waals surface area contributed by atoms with E-state index >= 15 is 0 Å². The van der Waals surface area contributed by atoms with Crippen molar-refractivity contribution in [2.45, 2.75) is 27.7 Å². The fourth-order valence-corrected chi connectivity index (χ4v) is 4.35. The van der Waals surface area contributed by atoms with E-state index in [-0.39, 0.29) is 23.6 Å². The van der Waals surface area contributed by atoms with Gasteiger partial charge in [-0.25, -0.2) is 14.6 Å². The number of hydrogen-bond acceptors (Lipinski definition) is 8. The summed E-state index contributed by atoms with van der Waals surface area (Å²) in [6.45, 7) is 7.32. The number of nitrogens with zero attached hydrogens (tertiary/aromatic N) is 1. The van der Waals surface area contributed by atoms with Gasteiger partial charge in [-0.1, -0.05) is 29.8 Å². The number of nitrogens with one attached hydrogen (secondary N) is 1. The van der Waals surface area contributed by atoms with Crippen molar-refractivity contribution in [3.05, 3.63) is 64.2 Å². The zero-order chi connectivity index (χ0) is 24.7. The molecule has 34 heavy (non-hydrogen) atoms. The highest BCUT2D eigenvalue weighted by molar-refractivity contribution is 7.17. The summed E-state index contributed by atoms with van der Waals surface area (Å²) in [7, 11) is 0. The highest BCUT2D eigenvalue weighted by Gasteiger charge is 2.26. The molecule has 2 aromatic heterocycles. The van der Waals surface area contributed by atoms with Crippen molar-refractivity contribution in [2.75, 3.05) is 25.1 Å². The number of carbonyl (C=O) groups excluding carboxylic acids is 3. The van der Waals surface area contributed by atoms with Gasteiger partial charge in [-0.3, -0.25) is 4.79 Å². The van der Waals surface area contributed by atoms with Crippen LogP contribution in [0.5, 0.6) is 5.88 Å². The number of benzene rings is 1. The number of ether oxygens (including phenoxy) is 3. The Balaban J connectivity index is 1.80. The normalized spacial score (nSPS) is 10.5. The highest BCUT2D eigenvalue weighted by atomic mass is 32.1. The smallest absolute Gasteiger partial charge is 0.344 e. The van der Waals surface area contributed by atoms with E-state index in [2.05, 4.69) is 10.3 Å². The van der Waals surface area contributed by atoms with Gasteiger partial charge < -0.3 is 19.5 Å². The van der Waals surface area contributed by atoms with Crippen LogP contribution in [0, 0.1) is 13.8 Å². The van der Waals surface area contributed by atoms with E-state index in [0.29, 0.717) is 17.2 Å². The molecule has 0 atom stereocenters. The first-order valence-corrected chi connectivity index (χ1v) is 11.6. The number of pyridine rings is 1. The van der Waals surface area contributed by atoms with Gasteiger partial charge in [0.2, 0.25) is 5.88 Å². The summed E-state index contributed by atoms with van der Waals surface area (Å²) >= 11 is 1.26. The van der Waals surface area contributed by atoms with E-state index in [1.54, 1.807) is 19.9 Å². The molecule has 2 heterocycles. The molecule has 1 N–H and O–H groups in total. The van der Waals surface area contributed by atoms with Crippen molar-refractivity contribution in [1.82, 2.24) is 4.98 Å². The lowest BCUT2D eigenvalue weighted by atomic mass is 10.0. The van der Waals surface area contributed by atoms with Gasteiger partial charge >= 0.3 is 11.9 Å². The Morgan fingerprint density at radius 3 is 2.38 bits per heavy atom. The van der Waals surface area contributed by atoms with Crippen molar-refractivity contribution < 1.29 is 28.6 Å². The molecule has 0 bridgehead atoms. The number of carbonyl (C=O) groups is 3. The molecule has 0 aliphatic carbocycles. The van der Waals surface area contributed by atoms with Crippen LogP contribution < -0.4 is 10.1 Å². The average Bonchev–Trinajstić information content (AvgIpc) is 3.14. The Bertz CT molecular complexity index is 1190. The summed E-state index contributed by atoms with van der Waals surface area (Å²) in [6, 6.07) is 10.8. The molecule has 1 aromatic carbocycles. The SMILES string of the molecule is CCOC(=O)c1c(NC(=O)COC(=O)c2cccnc2OCC)sc(C)c1-c1ccc(C)cc1. The van der Waals surface area contributed by atoms with E-state index < -0.39 is 24.5 Å². The molecule has 8 nitrogen and oxygen atoms in total. The number of hydrogen-bond donors (Lipinski definition) is 1. The van der Waals surface area contributed by atoms with E-state index in [1.165, 1.54) is 23.6 Å². The predicted molar refractivity (Wildman–Crippen MR) is 130 cm³/mol. The first-order chi connectivity index (χ1) is 16.3. The molecule has 0 fully saturated rings. The topological polar surface area (TPSA) is 104 Å². The fourth-order valence-electron chi connectivity index (χ4n) is 3.27. The van der Waals surface area contributed by atoms with E-state index in [9.17, 15) is 14.4 Å². The molecule has 0 unspecified atom stereocenters. The van der Waals surface area contributed by atoms with Crippen LogP contribution in [0.15, 0.2) is 42.6 Å². The number of anilines is 1. The Morgan fingerprint density at radius 1 is 0.971 bits per heavy atom. The summed E-state index contributed by atoms with van der Waals surface area (Å²) in [5.41, 5.74) is 3.03. The molecule has 0 aliphatic heterocycles. The summed E-state index contributed by atoms with van der Waals surface area (Å²) in [6.07, 6.45) is 1.50. The molecule has 0 radical (unpaired) electrons. The molecule has 0 saturated heterocycles. The Labute approximate surface area is 201 Å². The first-order valence-electron chi connectivity index (χ1n) is 10.8. The fraction of sp³-hybridized carbons (Fsp3) is 0.280. The summed E-state index contributed by atoms with van der Waals surface area (Å²) < 4.78 is 15.7. The quantitative estimate of drug-likeness (QED) is 0.437. The molecule has 178 valence electrons. The molecule has 3 aromatic rings. The third kappa shape index (κ3) is 5.79. The first kappa shape index (κ1) is 24.9. The second-order valence-corrected chi connectivity index (χ2v) is 8.46. The predicted octanol–water partition coefficient (Wildman–Crippen LogP) is 4.80. The summed E-state index contributed by atoms with van der Waals surface area (Å²) in [5.74, 6) is -1.72. The van der Waals surface area contributed by atoms with E-state index in [0.717, 1.165) is 16.0 Å². The Morgan fingerprint density at radius 2 is 1.71 bits per heavy atom. The van der Waals surface area contributed by atoms with Crippen LogP contribution in [-0.4, -0.2) is 42.7 Å². The second-order valence-electron chi connectivity index (χ2n) is 7.24. The number of rotatable bonds is 9. The van der Waals surface area contributed by atoms with Crippen LogP contribution in [0.3, 0.4) is 0 Å². The number of aryl methyl sites for hydroxylation is 2. The Hall–Kier alpha value is -3.72. The maximum atomic E-state index is 12.8. The maximum absolute atomic E-state index is 12.8. The minimum Gasteiger partial charge on any atom is -0.477 e. The summed E-state index contributed by atoms with van der Waals surface area (Å²) in [5, 5.41) is 3.03. The van der Waals surface area contributed by atoms with Crippen molar-refractivity contribution in [1.29, 1.82) is 0 Å². The molecule has 9 heteroatoms. The maximum Gasteiger partial charge on any atom is 0.344 e. The van der Waals surface area contributed by atoms with Gasteiger partial charge in [0.25, 0.3) is 5.91 Å². The standard InChI is InChI=1S/C25H26N2O6S/c1-5-31-22-18(8-7-13-26-22)24(29)33-14-19(28)27-23-21(25(30)32-6-2)20(16(4)34-23)17-11-9-15(3)10-12-17/h7-13H,5-6,14H2,1-4H3,(H,27,28). The van der Waals surface area contributed by atoms with Crippen molar-refractivity contribution in [2.24, 2.45) is 0 Å². The van der Waals surface area contributed by atoms with Crippen LogP contribution in [0.25, 0.3) is 11.1 Å². The number of thiophene rings is 1. The van der Waals surface area contributed by atoms with Gasteiger partial charge in [0.1, 0.15) is 16.1 Å². The van der Waals surface area contributed by atoms with Crippen LogP contribution in [0.2, 0.25) is 0 Å². The van der Waals surface area contributed by atoms with Gasteiger partial charge in [0, 0.05) is 16.6 Å². The number of aromatic nitrogens is 1. The van der Waals surface area contributed by atoms with Crippen molar-refractivity contribution in [3.63, 3.8) is 0 Å². The lowest BCUT2D eigenvalue weighted by Crippen LogP contribution is -2.22. The number of esters is 2. The average molecular weight is 483 g/mol. The number of amides is 1. The zero-order valence-electron chi connectivity index (χ0n) is 19.5. The van der Waals surface area contributed by atoms with Gasteiger partial charge in [-0.2, -0.15) is 0 Å². The molecule has 1 amide bonds. The molecule has 0 spiro atoms. The molecular formula is C25H26N2O6S. The third-order valence-corrected chi connectivity index (χ3v) is 5.78. The van der Waals surface area contributed by atoms with Gasteiger partial charge in [0.15, 0.2) is 6.61 Å². The van der Waals surface area contributed by atoms with E-state index in [1.807, 2.05) is 38.1 Å². The zero-order valence-corrected chi connectivity index (χ0v) is 20.3.